The monoisotopic (exact) mass is 339 g/mol. The van der Waals surface area contributed by atoms with E-state index < -0.39 is 0 Å². The normalized spacial score (nSPS) is 17.2. The summed E-state index contributed by atoms with van der Waals surface area (Å²) >= 11 is 5.93. The zero-order valence-electron chi connectivity index (χ0n) is 13.9. The second kappa shape index (κ2) is 9.21. The average molecular weight is 340 g/mol. The first kappa shape index (κ1) is 18.2. The number of morpholine rings is 1. The Morgan fingerprint density at radius 3 is 2.70 bits per heavy atom. The molecule has 2 rings (SSSR count). The Morgan fingerprint density at radius 2 is 2.09 bits per heavy atom. The number of halogens is 1. The number of carbonyl (C=O) groups is 1. The van der Waals surface area contributed by atoms with E-state index in [4.69, 9.17) is 16.3 Å². The van der Waals surface area contributed by atoms with Crippen molar-refractivity contribution in [3.8, 4) is 0 Å². The topological polar surface area (TPSA) is 54.5 Å². The summed E-state index contributed by atoms with van der Waals surface area (Å²) in [5.41, 5.74) is 0.364. The summed E-state index contributed by atoms with van der Waals surface area (Å²) in [7, 11) is 0. The Morgan fingerprint density at radius 1 is 1.39 bits per heavy atom. The van der Waals surface area contributed by atoms with Crippen LogP contribution in [-0.4, -0.2) is 54.7 Å². The maximum atomic E-state index is 12.3. The molecule has 1 aromatic rings. The first-order valence-corrected chi connectivity index (χ1v) is 8.75. The highest BCUT2D eigenvalue weighted by atomic mass is 35.5. The van der Waals surface area contributed by atoms with Crippen molar-refractivity contribution in [3.63, 3.8) is 0 Å². The van der Waals surface area contributed by atoms with E-state index in [2.05, 4.69) is 29.0 Å². The van der Waals surface area contributed by atoms with Gasteiger partial charge in [0.25, 0.3) is 5.91 Å². The standard InChI is InChI=1S/C17H26ClN3O2/c1-3-13(4-2)16(21-7-9-23-10-8-21)12-20-17(22)15-11-14(18)5-6-19-15/h5-6,11,13,16H,3-4,7-10,12H2,1-2H3,(H,20,22). The van der Waals surface area contributed by atoms with E-state index in [1.165, 1.54) is 0 Å². The quantitative estimate of drug-likeness (QED) is 0.829. The minimum absolute atomic E-state index is 0.170. The molecule has 2 heterocycles. The summed E-state index contributed by atoms with van der Waals surface area (Å²) in [5, 5.41) is 3.55. The highest BCUT2D eigenvalue weighted by Crippen LogP contribution is 2.19. The molecule has 0 aromatic carbocycles. The summed E-state index contributed by atoms with van der Waals surface area (Å²) in [6, 6.07) is 3.59. The maximum absolute atomic E-state index is 12.3. The summed E-state index contributed by atoms with van der Waals surface area (Å²) in [4.78, 5) is 18.8. The minimum Gasteiger partial charge on any atom is -0.379 e. The molecule has 5 nitrogen and oxygen atoms in total. The fourth-order valence-corrected chi connectivity index (χ4v) is 3.31. The second-order valence-electron chi connectivity index (χ2n) is 5.86. The molecule has 1 aliphatic rings. The van der Waals surface area contributed by atoms with Gasteiger partial charge in [0, 0.05) is 36.9 Å². The van der Waals surface area contributed by atoms with Crippen molar-refractivity contribution in [1.29, 1.82) is 0 Å². The summed E-state index contributed by atoms with van der Waals surface area (Å²) in [6.07, 6.45) is 3.76. The first-order valence-electron chi connectivity index (χ1n) is 8.37. The van der Waals surface area contributed by atoms with Crippen LogP contribution in [0.15, 0.2) is 18.3 Å². The molecule has 0 radical (unpaired) electrons. The van der Waals surface area contributed by atoms with Crippen molar-refractivity contribution in [2.24, 2.45) is 5.92 Å². The predicted octanol–water partition coefficient (Wildman–Crippen LogP) is 2.60. The predicted molar refractivity (Wildman–Crippen MR) is 91.8 cm³/mol. The number of aromatic nitrogens is 1. The molecule has 6 heteroatoms. The lowest BCUT2D eigenvalue weighted by atomic mass is 9.92. The minimum atomic E-state index is -0.170. The fraction of sp³-hybridized carbons (Fsp3) is 0.647. The third-order valence-electron chi connectivity index (χ3n) is 4.53. The average Bonchev–Trinajstić information content (AvgIpc) is 2.59. The van der Waals surface area contributed by atoms with Crippen LogP contribution < -0.4 is 5.32 Å². The van der Waals surface area contributed by atoms with Crippen molar-refractivity contribution < 1.29 is 9.53 Å². The maximum Gasteiger partial charge on any atom is 0.269 e. The molecule has 1 aromatic heterocycles. The molecular formula is C17H26ClN3O2. The number of amides is 1. The van der Waals surface area contributed by atoms with Gasteiger partial charge < -0.3 is 10.1 Å². The molecular weight excluding hydrogens is 314 g/mol. The largest absolute Gasteiger partial charge is 0.379 e. The van der Waals surface area contributed by atoms with Gasteiger partial charge in [-0.25, -0.2) is 0 Å². The summed E-state index contributed by atoms with van der Waals surface area (Å²) in [5.74, 6) is 0.387. The molecule has 1 fully saturated rings. The number of pyridine rings is 1. The van der Waals surface area contributed by atoms with Crippen LogP contribution in [0, 0.1) is 5.92 Å². The number of ether oxygens (including phenoxy) is 1. The Bertz CT molecular complexity index is 502. The van der Waals surface area contributed by atoms with Crippen LogP contribution in [0.1, 0.15) is 37.2 Å². The van der Waals surface area contributed by atoms with Gasteiger partial charge in [0.1, 0.15) is 5.69 Å². The van der Waals surface area contributed by atoms with E-state index in [-0.39, 0.29) is 5.91 Å². The van der Waals surface area contributed by atoms with Crippen molar-refractivity contribution in [2.45, 2.75) is 32.7 Å². The highest BCUT2D eigenvalue weighted by Gasteiger charge is 2.27. The molecule has 1 unspecified atom stereocenters. The van der Waals surface area contributed by atoms with Gasteiger partial charge in [0.2, 0.25) is 0 Å². The third-order valence-corrected chi connectivity index (χ3v) is 4.77. The Kier molecular flexibility index (Phi) is 7.27. The smallest absolute Gasteiger partial charge is 0.269 e. The number of rotatable bonds is 7. The summed E-state index contributed by atoms with van der Waals surface area (Å²) < 4.78 is 5.45. The number of nitrogens with zero attached hydrogens (tertiary/aromatic N) is 2. The van der Waals surface area contributed by atoms with Crippen LogP contribution in [0.5, 0.6) is 0 Å². The van der Waals surface area contributed by atoms with E-state index in [1.54, 1.807) is 18.3 Å². The van der Waals surface area contributed by atoms with Crippen LogP contribution >= 0.6 is 11.6 Å². The van der Waals surface area contributed by atoms with E-state index in [1.807, 2.05) is 0 Å². The van der Waals surface area contributed by atoms with Crippen molar-refractivity contribution in [1.82, 2.24) is 15.2 Å². The molecule has 0 bridgehead atoms. The second-order valence-corrected chi connectivity index (χ2v) is 6.30. The lowest BCUT2D eigenvalue weighted by Gasteiger charge is -2.38. The number of hydrogen-bond donors (Lipinski definition) is 1. The van der Waals surface area contributed by atoms with Gasteiger partial charge in [0.05, 0.1) is 13.2 Å². The molecule has 1 saturated heterocycles. The van der Waals surface area contributed by atoms with Gasteiger partial charge in [-0.2, -0.15) is 0 Å². The van der Waals surface area contributed by atoms with Crippen LogP contribution in [0.25, 0.3) is 0 Å². The Labute approximate surface area is 143 Å². The van der Waals surface area contributed by atoms with Gasteiger partial charge in [-0.1, -0.05) is 38.3 Å². The van der Waals surface area contributed by atoms with Crippen LogP contribution in [0.4, 0.5) is 0 Å². The molecule has 1 amide bonds. The van der Waals surface area contributed by atoms with Gasteiger partial charge in [-0.15, -0.1) is 0 Å². The van der Waals surface area contributed by atoms with E-state index in [0.717, 1.165) is 39.1 Å². The number of carbonyl (C=O) groups excluding carboxylic acids is 1. The van der Waals surface area contributed by atoms with Gasteiger partial charge in [0.15, 0.2) is 0 Å². The SMILES string of the molecule is CCC(CC)C(CNC(=O)c1cc(Cl)ccn1)N1CCOCC1. The molecule has 1 N–H and O–H groups in total. The number of nitrogens with one attached hydrogen (secondary N) is 1. The van der Waals surface area contributed by atoms with Crippen molar-refractivity contribution in [3.05, 3.63) is 29.0 Å². The van der Waals surface area contributed by atoms with E-state index in [0.29, 0.717) is 29.2 Å². The fourth-order valence-electron chi connectivity index (χ4n) is 3.15. The highest BCUT2D eigenvalue weighted by molar-refractivity contribution is 6.30. The van der Waals surface area contributed by atoms with E-state index >= 15 is 0 Å². The van der Waals surface area contributed by atoms with Crippen LogP contribution in [-0.2, 0) is 4.74 Å². The number of hydrogen-bond acceptors (Lipinski definition) is 4. The molecule has 0 saturated carbocycles. The van der Waals surface area contributed by atoms with Crippen LogP contribution in [0.3, 0.4) is 0 Å². The first-order chi connectivity index (χ1) is 11.2. The van der Waals surface area contributed by atoms with Crippen LogP contribution in [0.2, 0.25) is 5.02 Å². The lowest BCUT2D eigenvalue weighted by Crippen LogP contribution is -2.52. The lowest BCUT2D eigenvalue weighted by molar-refractivity contribution is 0.00190. The molecule has 1 atom stereocenters. The Hall–Kier alpha value is -1.17. The molecule has 128 valence electrons. The molecule has 1 aliphatic heterocycles. The third kappa shape index (κ3) is 5.16. The molecule has 23 heavy (non-hydrogen) atoms. The Balaban J connectivity index is 2.00. The zero-order chi connectivity index (χ0) is 16.7. The zero-order valence-corrected chi connectivity index (χ0v) is 14.7. The van der Waals surface area contributed by atoms with E-state index in [9.17, 15) is 4.79 Å². The van der Waals surface area contributed by atoms with Crippen molar-refractivity contribution >= 4 is 17.5 Å². The van der Waals surface area contributed by atoms with Gasteiger partial charge in [-0.05, 0) is 18.1 Å². The van der Waals surface area contributed by atoms with Gasteiger partial charge in [-0.3, -0.25) is 14.7 Å². The summed E-state index contributed by atoms with van der Waals surface area (Å²) in [6.45, 7) is 8.42. The molecule has 0 spiro atoms. The van der Waals surface area contributed by atoms with Crippen molar-refractivity contribution in [2.75, 3.05) is 32.8 Å². The van der Waals surface area contributed by atoms with Gasteiger partial charge >= 0.3 is 0 Å². The molecule has 0 aliphatic carbocycles.